The minimum Gasteiger partial charge on any atom is -0.452 e. The fourth-order valence-corrected chi connectivity index (χ4v) is 3.88. The van der Waals surface area contributed by atoms with Crippen LogP contribution in [-0.4, -0.2) is 65.6 Å². The zero-order valence-electron chi connectivity index (χ0n) is 18.4. The van der Waals surface area contributed by atoms with Gasteiger partial charge < -0.3 is 14.8 Å². The van der Waals surface area contributed by atoms with Gasteiger partial charge in [0.2, 0.25) is 10.0 Å². The number of anilines is 2. The monoisotopic (exact) mass is 463 g/mol. The van der Waals surface area contributed by atoms with Gasteiger partial charge in [0.1, 0.15) is 0 Å². The van der Waals surface area contributed by atoms with Crippen molar-refractivity contribution in [3.8, 4) is 0 Å². The van der Waals surface area contributed by atoms with Gasteiger partial charge in [0.25, 0.3) is 5.91 Å². The minimum absolute atomic E-state index is 0.0528. The van der Waals surface area contributed by atoms with Gasteiger partial charge in [-0.25, -0.2) is 22.3 Å². The second-order valence-corrected chi connectivity index (χ2v) is 9.06. The third-order valence-electron chi connectivity index (χ3n) is 4.50. The number of benzene rings is 2. The van der Waals surface area contributed by atoms with Crippen LogP contribution in [0.5, 0.6) is 0 Å². The molecular formula is C21H25N3O7S. The van der Waals surface area contributed by atoms with E-state index in [0.717, 1.165) is 9.21 Å². The molecule has 10 nitrogen and oxygen atoms in total. The summed E-state index contributed by atoms with van der Waals surface area (Å²) < 4.78 is 35.6. The van der Waals surface area contributed by atoms with Crippen molar-refractivity contribution in [3.63, 3.8) is 0 Å². The minimum atomic E-state index is -3.70. The highest BCUT2D eigenvalue weighted by Gasteiger charge is 2.22. The zero-order chi connectivity index (χ0) is 24.1. The van der Waals surface area contributed by atoms with Crippen LogP contribution in [0.4, 0.5) is 16.2 Å². The molecule has 0 radical (unpaired) electrons. The van der Waals surface area contributed by atoms with E-state index in [1.165, 1.54) is 46.5 Å². The summed E-state index contributed by atoms with van der Waals surface area (Å²) >= 11 is 0. The van der Waals surface area contributed by atoms with E-state index in [9.17, 15) is 22.8 Å². The lowest BCUT2D eigenvalue weighted by molar-refractivity contribution is -0.119. The summed E-state index contributed by atoms with van der Waals surface area (Å²) in [7, 11) is 1.77. The molecular weight excluding hydrogens is 438 g/mol. The largest absolute Gasteiger partial charge is 0.452 e. The molecule has 0 saturated heterocycles. The Balaban J connectivity index is 2.11. The molecule has 1 N–H and O–H groups in total. The highest BCUT2D eigenvalue weighted by molar-refractivity contribution is 7.89. The molecule has 0 bridgehead atoms. The summed E-state index contributed by atoms with van der Waals surface area (Å²) in [6.07, 6.45) is -0.675. The van der Waals surface area contributed by atoms with E-state index in [1.807, 2.05) is 0 Å². The van der Waals surface area contributed by atoms with Crippen molar-refractivity contribution in [2.75, 3.05) is 45.1 Å². The summed E-state index contributed by atoms with van der Waals surface area (Å²) in [5.41, 5.74) is 1.09. The third kappa shape index (κ3) is 5.62. The van der Waals surface area contributed by atoms with Crippen LogP contribution in [0, 0.1) is 6.92 Å². The molecule has 2 rings (SSSR count). The van der Waals surface area contributed by atoms with Gasteiger partial charge in [-0.15, -0.1) is 0 Å². The lowest BCUT2D eigenvalue weighted by Crippen LogP contribution is -2.28. The number of ether oxygens (including phenoxy) is 2. The summed E-state index contributed by atoms with van der Waals surface area (Å²) in [6, 6.07) is 10.7. The summed E-state index contributed by atoms with van der Waals surface area (Å²) in [5.74, 6) is -1.47. The molecule has 32 heavy (non-hydrogen) atoms. The number of carbonyl (C=O) groups excluding carboxylic acids is 3. The summed E-state index contributed by atoms with van der Waals surface area (Å²) in [6.45, 7) is 1.03. The van der Waals surface area contributed by atoms with Gasteiger partial charge in [0, 0.05) is 26.8 Å². The second kappa shape index (κ2) is 10.2. The predicted octanol–water partition coefficient (Wildman–Crippen LogP) is 2.24. The number of amides is 2. The fraction of sp³-hybridized carbons (Fsp3) is 0.286. The number of hydrogen-bond donors (Lipinski definition) is 1. The number of methoxy groups -OCH3 is 1. The molecule has 11 heteroatoms. The molecule has 0 aromatic heterocycles. The van der Waals surface area contributed by atoms with Gasteiger partial charge >= 0.3 is 12.1 Å². The van der Waals surface area contributed by atoms with Crippen molar-refractivity contribution in [2.24, 2.45) is 0 Å². The quantitative estimate of drug-likeness (QED) is 0.625. The van der Waals surface area contributed by atoms with Crippen LogP contribution in [0.2, 0.25) is 0 Å². The molecule has 0 aliphatic rings. The van der Waals surface area contributed by atoms with E-state index >= 15 is 0 Å². The summed E-state index contributed by atoms with van der Waals surface area (Å²) in [4.78, 5) is 37.7. The molecule has 0 spiro atoms. The molecule has 172 valence electrons. The van der Waals surface area contributed by atoms with Gasteiger partial charge in [0.05, 0.1) is 23.3 Å². The van der Waals surface area contributed by atoms with E-state index in [0.29, 0.717) is 5.56 Å². The van der Waals surface area contributed by atoms with E-state index in [-0.39, 0.29) is 21.8 Å². The van der Waals surface area contributed by atoms with E-state index in [2.05, 4.69) is 10.1 Å². The molecule has 0 atom stereocenters. The van der Waals surface area contributed by atoms with Crippen molar-refractivity contribution in [1.29, 1.82) is 0 Å². The topological polar surface area (TPSA) is 122 Å². The molecule has 0 aliphatic heterocycles. The van der Waals surface area contributed by atoms with Crippen molar-refractivity contribution in [2.45, 2.75) is 11.8 Å². The fourth-order valence-electron chi connectivity index (χ4n) is 2.73. The first kappa shape index (κ1) is 24.8. The van der Waals surface area contributed by atoms with Crippen LogP contribution in [0.15, 0.2) is 47.4 Å². The number of esters is 1. The molecule has 0 unspecified atom stereocenters. The first-order valence-corrected chi connectivity index (χ1v) is 10.8. The first-order valence-electron chi connectivity index (χ1n) is 9.40. The first-order chi connectivity index (χ1) is 15.0. The van der Waals surface area contributed by atoms with Gasteiger partial charge in [0.15, 0.2) is 6.61 Å². The Morgan fingerprint density at radius 3 is 2.31 bits per heavy atom. The third-order valence-corrected chi connectivity index (χ3v) is 6.46. The average molecular weight is 464 g/mol. The molecule has 2 aromatic carbocycles. The van der Waals surface area contributed by atoms with Crippen LogP contribution >= 0.6 is 0 Å². The van der Waals surface area contributed by atoms with Gasteiger partial charge in [-0.1, -0.05) is 18.2 Å². The van der Waals surface area contributed by atoms with Crippen molar-refractivity contribution >= 4 is 39.4 Å². The number of aryl methyl sites for hydroxylation is 1. The Bertz CT molecular complexity index is 1130. The Hall–Kier alpha value is -3.44. The van der Waals surface area contributed by atoms with Gasteiger partial charge in [-0.3, -0.25) is 9.69 Å². The standard InChI is InChI=1S/C21H25N3O7S/c1-14-10-11-15(12-18(14)32(28,29)23(2)3)22-19(25)13-31-20(26)16-8-6-7-9-17(16)24(4)21(27)30-5/h6-12H,13H2,1-5H3,(H,22,25). The number of sulfonamides is 1. The highest BCUT2D eigenvalue weighted by Crippen LogP contribution is 2.23. The number of hydrogen-bond acceptors (Lipinski definition) is 7. The van der Waals surface area contributed by atoms with E-state index in [1.54, 1.807) is 31.2 Å². The molecule has 0 saturated carbocycles. The summed E-state index contributed by atoms with van der Waals surface area (Å²) in [5, 5.41) is 2.51. The Labute approximate surface area is 186 Å². The Morgan fingerprint density at radius 2 is 1.69 bits per heavy atom. The number of nitrogens with zero attached hydrogens (tertiary/aromatic N) is 2. The molecule has 2 aromatic rings. The lowest BCUT2D eigenvalue weighted by Gasteiger charge is -2.18. The van der Waals surface area contributed by atoms with Crippen molar-refractivity contribution < 1.29 is 32.3 Å². The molecule has 0 fully saturated rings. The van der Waals surface area contributed by atoms with E-state index in [4.69, 9.17) is 4.74 Å². The molecule has 2 amide bonds. The lowest BCUT2D eigenvalue weighted by atomic mass is 10.1. The van der Waals surface area contributed by atoms with Crippen LogP contribution in [0.25, 0.3) is 0 Å². The molecule has 0 aliphatic carbocycles. The Kier molecular flexibility index (Phi) is 7.95. The van der Waals surface area contributed by atoms with Gasteiger partial charge in [-0.05, 0) is 36.8 Å². The maximum Gasteiger partial charge on any atom is 0.413 e. The molecule has 0 heterocycles. The Morgan fingerprint density at radius 1 is 1.03 bits per heavy atom. The van der Waals surface area contributed by atoms with Crippen LogP contribution in [0.3, 0.4) is 0 Å². The number of nitrogens with one attached hydrogen (secondary N) is 1. The van der Waals surface area contributed by atoms with Crippen LogP contribution in [0.1, 0.15) is 15.9 Å². The maximum atomic E-state index is 12.5. The van der Waals surface area contributed by atoms with E-state index < -0.39 is 34.6 Å². The second-order valence-electron chi connectivity index (χ2n) is 6.94. The van der Waals surface area contributed by atoms with Crippen LogP contribution < -0.4 is 10.2 Å². The normalized spacial score (nSPS) is 11.1. The van der Waals surface area contributed by atoms with Crippen molar-refractivity contribution in [3.05, 3.63) is 53.6 Å². The van der Waals surface area contributed by atoms with Gasteiger partial charge in [-0.2, -0.15) is 0 Å². The number of rotatable bonds is 7. The van der Waals surface area contributed by atoms with Crippen molar-refractivity contribution in [1.82, 2.24) is 4.31 Å². The number of carbonyl (C=O) groups is 3. The predicted molar refractivity (Wildman–Crippen MR) is 118 cm³/mol. The average Bonchev–Trinajstić information content (AvgIpc) is 2.77. The van der Waals surface area contributed by atoms with Crippen LogP contribution in [-0.2, 0) is 24.3 Å². The highest BCUT2D eigenvalue weighted by atomic mass is 32.2. The maximum absolute atomic E-state index is 12.5. The SMILES string of the molecule is COC(=O)N(C)c1ccccc1C(=O)OCC(=O)Nc1ccc(C)c(S(=O)(=O)N(C)C)c1. The smallest absolute Gasteiger partial charge is 0.413 e. The zero-order valence-corrected chi connectivity index (χ0v) is 19.2. The number of para-hydroxylation sites is 1.